The van der Waals surface area contributed by atoms with Crippen molar-refractivity contribution in [3.05, 3.63) is 70.7 Å². The monoisotopic (exact) mass is 349 g/mol. The van der Waals surface area contributed by atoms with Crippen molar-refractivity contribution in [3.63, 3.8) is 0 Å². The number of carbonyl (C=O) groups excluding carboxylic acids is 1. The second kappa shape index (κ2) is 7.00. The zero-order valence-corrected chi connectivity index (χ0v) is 14.2. The van der Waals surface area contributed by atoms with Crippen molar-refractivity contribution in [3.8, 4) is 0 Å². The van der Waals surface area contributed by atoms with Crippen molar-refractivity contribution in [2.45, 2.75) is 18.9 Å². The standard InChI is InChI=1S/C20H19N3O3/c24-16-12-18(26-17-8-2-1-7-15(16)17)20(25)22-14-6-5-11-23(13-14)19-9-3-4-10-21-19/h1-4,7-10,12,14H,5-6,11,13H2,(H,22,25). The van der Waals surface area contributed by atoms with Crippen molar-refractivity contribution in [1.29, 1.82) is 0 Å². The lowest BCUT2D eigenvalue weighted by Gasteiger charge is -2.33. The van der Waals surface area contributed by atoms with Crippen LogP contribution in [0.2, 0.25) is 0 Å². The number of anilines is 1. The Kier molecular flexibility index (Phi) is 4.39. The van der Waals surface area contributed by atoms with Gasteiger partial charge in [0.25, 0.3) is 5.91 Å². The largest absolute Gasteiger partial charge is 0.451 e. The molecular formula is C20H19N3O3. The number of rotatable bonds is 3. The van der Waals surface area contributed by atoms with Crippen LogP contribution in [-0.2, 0) is 0 Å². The van der Waals surface area contributed by atoms with E-state index in [2.05, 4.69) is 15.2 Å². The van der Waals surface area contributed by atoms with Crippen molar-refractivity contribution >= 4 is 22.7 Å². The van der Waals surface area contributed by atoms with Crippen LogP contribution in [-0.4, -0.2) is 30.0 Å². The van der Waals surface area contributed by atoms with Crippen molar-refractivity contribution < 1.29 is 9.21 Å². The Morgan fingerprint density at radius 1 is 1.19 bits per heavy atom. The van der Waals surface area contributed by atoms with Gasteiger partial charge >= 0.3 is 0 Å². The van der Waals surface area contributed by atoms with Gasteiger partial charge in [0.2, 0.25) is 0 Å². The Morgan fingerprint density at radius 3 is 2.88 bits per heavy atom. The molecule has 1 fully saturated rings. The van der Waals surface area contributed by atoms with Crippen LogP contribution in [0.25, 0.3) is 11.0 Å². The van der Waals surface area contributed by atoms with Gasteiger partial charge in [-0.05, 0) is 37.1 Å². The molecule has 2 aromatic heterocycles. The third kappa shape index (κ3) is 3.31. The zero-order chi connectivity index (χ0) is 17.9. The van der Waals surface area contributed by atoms with Gasteiger partial charge in [0.05, 0.1) is 5.39 Å². The number of hydrogen-bond donors (Lipinski definition) is 1. The molecule has 0 bridgehead atoms. The average Bonchev–Trinajstić information content (AvgIpc) is 2.69. The van der Waals surface area contributed by atoms with Gasteiger partial charge in [0.1, 0.15) is 11.4 Å². The number of amides is 1. The zero-order valence-electron chi connectivity index (χ0n) is 14.2. The fourth-order valence-corrected chi connectivity index (χ4v) is 3.32. The fraction of sp³-hybridized carbons (Fsp3) is 0.250. The second-order valence-corrected chi connectivity index (χ2v) is 6.42. The fourth-order valence-electron chi connectivity index (χ4n) is 3.32. The van der Waals surface area contributed by atoms with Gasteiger partial charge in [-0.1, -0.05) is 18.2 Å². The van der Waals surface area contributed by atoms with E-state index in [1.165, 1.54) is 6.07 Å². The van der Waals surface area contributed by atoms with E-state index in [0.29, 0.717) is 17.5 Å². The predicted molar refractivity (Wildman–Crippen MR) is 99.4 cm³/mol. The van der Waals surface area contributed by atoms with E-state index in [-0.39, 0.29) is 23.1 Å². The molecule has 3 heterocycles. The number of carbonyl (C=O) groups is 1. The summed E-state index contributed by atoms with van der Waals surface area (Å²) >= 11 is 0. The molecule has 1 aliphatic rings. The highest BCUT2D eigenvalue weighted by Crippen LogP contribution is 2.18. The molecule has 0 saturated carbocycles. The van der Waals surface area contributed by atoms with Crippen molar-refractivity contribution in [2.75, 3.05) is 18.0 Å². The van der Waals surface area contributed by atoms with Crippen LogP contribution in [0.5, 0.6) is 0 Å². The third-order valence-electron chi connectivity index (χ3n) is 4.59. The lowest BCUT2D eigenvalue weighted by atomic mass is 10.1. The molecule has 1 aromatic carbocycles. The highest BCUT2D eigenvalue weighted by atomic mass is 16.3. The molecule has 1 atom stereocenters. The number of piperidine rings is 1. The molecule has 4 rings (SSSR count). The number of fused-ring (bicyclic) bond motifs is 1. The maximum absolute atomic E-state index is 12.6. The minimum atomic E-state index is -0.360. The van der Waals surface area contributed by atoms with E-state index in [1.807, 2.05) is 18.2 Å². The molecule has 26 heavy (non-hydrogen) atoms. The highest BCUT2D eigenvalue weighted by molar-refractivity contribution is 5.93. The summed E-state index contributed by atoms with van der Waals surface area (Å²) in [5.74, 6) is 0.591. The molecule has 0 spiro atoms. The Bertz CT molecular complexity index is 984. The number of nitrogens with zero attached hydrogens (tertiary/aromatic N) is 2. The lowest BCUT2D eigenvalue weighted by molar-refractivity contribution is 0.0905. The molecule has 1 saturated heterocycles. The smallest absolute Gasteiger partial charge is 0.287 e. The van der Waals surface area contributed by atoms with E-state index in [4.69, 9.17) is 4.42 Å². The topological polar surface area (TPSA) is 75.4 Å². The predicted octanol–water partition coefficient (Wildman–Crippen LogP) is 2.59. The van der Waals surface area contributed by atoms with Crippen LogP contribution in [0.15, 0.2) is 63.9 Å². The molecule has 1 unspecified atom stereocenters. The number of nitrogens with one attached hydrogen (secondary N) is 1. The van der Waals surface area contributed by atoms with Crippen molar-refractivity contribution in [1.82, 2.24) is 10.3 Å². The molecule has 1 N–H and O–H groups in total. The Hall–Kier alpha value is -3.15. The first-order chi connectivity index (χ1) is 12.7. The summed E-state index contributed by atoms with van der Waals surface area (Å²) in [4.78, 5) is 31.3. The highest BCUT2D eigenvalue weighted by Gasteiger charge is 2.23. The molecule has 1 amide bonds. The van der Waals surface area contributed by atoms with Gasteiger partial charge in [-0.2, -0.15) is 0 Å². The lowest BCUT2D eigenvalue weighted by Crippen LogP contribution is -2.48. The first-order valence-electron chi connectivity index (χ1n) is 8.70. The molecule has 6 heteroatoms. The maximum atomic E-state index is 12.6. The average molecular weight is 349 g/mol. The van der Waals surface area contributed by atoms with E-state index >= 15 is 0 Å². The van der Waals surface area contributed by atoms with Gasteiger partial charge < -0.3 is 14.6 Å². The Labute approximate surface area is 150 Å². The van der Waals surface area contributed by atoms with Gasteiger partial charge in [0, 0.05) is 31.4 Å². The molecule has 132 valence electrons. The van der Waals surface area contributed by atoms with Gasteiger partial charge in [-0.25, -0.2) is 4.98 Å². The number of benzene rings is 1. The number of aromatic nitrogens is 1. The van der Waals surface area contributed by atoms with Gasteiger partial charge in [0.15, 0.2) is 11.2 Å². The molecule has 0 radical (unpaired) electrons. The minimum absolute atomic E-state index is 0.0185. The Morgan fingerprint density at radius 2 is 2.04 bits per heavy atom. The molecule has 0 aliphatic carbocycles. The molecule has 3 aromatic rings. The van der Waals surface area contributed by atoms with Gasteiger partial charge in [-0.3, -0.25) is 9.59 Å². The Balaban J connectivity index is 1.50. The first-order valence-corrected chi connectivity index (χ1v) is 8.70. The van der Waals surface area contributed by atoms with E-state index in [9.17, 15) is 9.59 Å². The summed E-state index contributed by atoms with van der Waals surface area (Å²) < 4.78 is 5.62. The summed E-state index contributed by atoms with van der Waals surface area (Å²) in [6.07, 6.45) is 3.61. The van der Waals surface area contributed by atoms with Crippen LogP contribution >= 0.6 is 0 Å². The maximum Gasteiger partial charge on any atom is 0.287 e. The van der Waals surface area contributed by atoms with Crippen LogP contribution in [0.1, 0.15) is 23.4 Å². The van der Waals surface area contributed by atoms with Gasteiger partial charge in [-0.15, -0.1) is 0 Å². The first kappa shape index (κ1) is 16.3. The van der Waals surface area contributed by atoms with E-state index < -0.39 is 0 Å². The number of hydrogen-bond acceptors (Lipinski definition) is 5. The van der Waals surface area contributed by atoms with E-state index in [0.717, 1.165) is 25.2 Å². The van der Waals surface area contributed by atoms with E-state index in [1.54, 1.807) is 30.5 Å². The summed E-state index contributed by atoms with van der Waals surface area (Å²) in [6.45, 7) is 1.59. The van der Waals surface area contributed by atoms with Crippen molar-refractivity contribution in [2.24, 2.45) is 0 Å². The summed E-state index contributed by atoms with van der Waals surface area (Å²) in [5.41, 5.74) is 0.208. The minimum Gasteiger partial charge on any atom is -0.451 e. The van der Waals surface area contributed by atoms with Crippen LogP contribution in [0.4, 0.5) is 5.82 Å². The number of para-hydroxylation sites is 1. The summed E-state index contributed by atoms with van der Waals surface area (Å²) in [5, 5.41) is 3.46. The van der Waals surface area contributed by atoms with Crippen LogP contribution in [0, 0.1) is 0 Å². The van der Waals surface area contributed by atoms with Crippen LogP contribution < -0.4 is 15.6 Å². The molecule has 6 nitrogen and oxygen atoms in total. The molecular weight excluding hydrogens is 330 g/mol. The quantitative estimate of drug-likeness (QED) is 0.787. The normalized spacial score (nSPS) is 17.2. The van der Waals surface area contributed by atoms with Crippen LogP contribution in [0.3, 0.4) is 0 Å². The summed E-state index contributed by atoms with van der Waals surface area (Å²) in [7, 11) is 0. The molecule has 1 aliphatic heterocycles. The number of pyridine rings is 1. The second-order valence-electron chi connectivity index (χ2n) is 6.42. The summed E-state index contributed by atoms with van der Waals surface area (Å²) in [6, 6.07) is 14.0. The SMILES string of the molecule is O=C(NC1CCCN(c2ccccn2)C1)c1cc(=O)c2ccccc2o1. The third-order valence-corrected chi connectivity index (χ3v) is 4.59.